The summed E-state index contributed by atoms with van der Waals surface area (Å²) in [5.41, 5.74) is 0.848. The molecule has 0 aliphatic heterocycles. The van der Waals surface area contributed by atoms with Crippen molar-refractivity contribution < 1.29 is 9.13 Å². The predicted octanol–water partition coefficient (Wildman–Crippen LogP) is 3.43. The minimum Gasteiger partial charge on any atom is -0.494 e. The van der Waals surface area contributed by atoms with Crippen LogP contribution in [0, 0.1) is 5.82 Å². The van der Waals surface area contributed by atoms with E-state index < -0.39 is 0 Å². The lowest BCUT2D eigenvalue weighted by Gasteiger charge is -2.18. The van der Waals surface area contributed by atoms with Gasteiger partial charge in [-0.1, -0.05) is 6.07 Å². The van der Waals surface area contributed by atoms with Gasteiger partial charge in [-0.15, -0.1) is 24.0 Å². The zero-order valence-corrected chi connectivity index (χ0v) is 16.6. The van der Waals surface area contributed by atoms with Crippen LogP contribution in [0.4, 0.5) is 4.39 Å². The minimum atomic E-state index is -0.355. The second-order valence-corrected chi connectivity index (χ2v) is 5.59. The van der Waals surface area contributed by atoms with Gasteiger partial charge in [0.05, 0.1) is 13.2 Å². The molecule has 0 fully saturated rings. The van der Waals surface area contributed by atoms with E-state index in [2.05, 4.69) is 21.9 Å². The molecule has 0 bridgehead atoms. The lowest BCUT2D eigenvalue weighted by Crippen LogP contribution is -2.39. The molecule has 126 valence electrons. The Balaban J connectivity index is 0.00000441. The number of hydrogen-bond acceptors (Lipinski definition) is 3. The average Bonchev–Trinajstić information content (AvgIpc) is 2.50. The second-order valence-electron chi connectivity index (χ2n) is 4.61. The molecule has 0 aromatic heterocycles. The summed E-state index contributed by atoms with van der Waals surface area (Å²) in [6.07, 6.45) is 3.17. The fraction of sp³-hybridized carbons (Fsp3) is 0.533. The molecular weight excluding hydrogens is 416 g/mol. The molecule has 0 heterocycles. The van der Waals surface area contributed by atoms with Gasteiger partial charge in [0, 0.05) is 13.6 Å². The Kier molecular flexibility index (Phi) is 11.4. The quantitative estimate of drug-likeness (QED) is 0.295. The molecule has 0 aliphatic carbocycles. The molecule has 0 saturated heterocycles. The number of aliphatic imine (C=N–C) groups is 1. The summed E-state index contributed by atoms with van der Waals surface area (Å²) in [6, 6.07) is 4.92. The van der Waals surface area contributed by atoms with Crippen molar-refractivity contribution in [3.63, 3.8) is 0 Å². The Labute approximate surface area is 153 Å². The van der Waals surface area contributed by atoms with Crippen molar-refractivity contribution in [2.45, 2.75) is 19.4 Å². The van der Waals surface area contributed by atoms with E-state index in [0.717, 1.165) is 30.2 Å². The van der Waals surface area contributed by atoms with E-state index in [1.807, 2.05) is 24.8 Å². The van der Waals surface area contributed by atoms with E-state index in [1.54, 1.807) is 13.1 Å². The van der Waals surface area contributed by atoms with Gasteiger partial charge >= 0.3 is 0 Å². The summed E-state index contributed by atoms with van der Waals surface area (Å²) >= 11 is 1.82. The molecule has 1 rings (SSSR count). The van der Waals surface area contributed by atoms with Crippen LogP contribution in [0.2, 0.25) is 0 Å². The van der Waals surface area contributed by atoms with E-state index in [1.165, 1.54) is 13.2 Å². The Morgan fingerprint density at radius 3 is 2.73 bits per heavy atom. The first-order chi connectivity index (χ1) is 10.1. The summed E-state index contributed by atoms with van der Waals surface area (Å²) in [5.74, 6) is 1.74. The average molecular weight is 441 g/mol. The summed E-state index contributed by atoms with van der Waals surface area (Å²) in [5, 5.41) is 6.50. The van der Waals surface area contributed by atoms with Crippen molar-refractivity contribution in [1.29, 1.82) is 0 Å². The third-order valence-electron chi connectivity index (χ3n) is 3.07. The molecule has 0 amide bonds. The first kappa shape index (κ1) is 21.3. The first-order valence-electron chi connectivity index (χ1n) is 6.92. The van der Waals surface area contributed by atoms with E-state index in [9.17, 15) is 4.39 Å². The number of hydrogen-bond donors (Lipinski definition) is 2. The van der Waals surface area contributed by atoms with Gasteiger partial charge in [-0.25, -0.2) is 4.39 Å². The van der Waals surface area contributed by atoms with Crippen LogP contribution in [0.1, 0.15) is 24.9 Å². The van der Waals surface area contributed by atoms with Gasteiger partial charge in [0.1, 0.15) is 0 Å². The van der Waals surface area contributed by atoms with Crippen LogP contribution < -0.4 is 15.4 Å². The highest BCUT2D eigenvalue weighted by Crippen LogP contribution is 2.21. The highest BCUT2D eigenvalue weighted by atomic mass is 127. The number of halogens is 2. The third kappa shape index (κ3) is 7.04. The van der Waals surface area contributed by atoms with Crippen LogP contribution >= 0.6 is 35.7 Å². The number of nitrogens with one attached hydrogen (secondary N) is 2. The normalized spacial score (nSPS) is 12.3. The Hall–Kier alpha value is -0.700. The maximum Gasteiger partial charge on any atom is 0.191 e. The fourth-order valence-corrected chi connectivity index (χ4v) is 2.29. The summed E-state index contributed by atoms with van der Waals surface area (Å²) in [7, 11) is 3.19. The maximum atomic E-state index is 13.7. The van der Waals surface area contributed by atoms with Crippen LogP contribution in [-0.2, 0) is 0 Å². The van der Waals surface area contributed by atoms with Crippen LogP contribution in [0.3, 0.4) is 0 Å². The van der Waals surface area contributed by atoms with Crippen LogP contribution in [0.5, 0.6) is 5.75 Å². The van der Waals surface area contributed by atoms with Gasteiger partial charge in [-0.3, -0.25) is 4.99 Å². The summed E-state index contributed by atoms with van der Waals surface area (Å²) in [6.45, 7) is 2.83. The van der Waals surface area contributed by atoms with Gasteiger partial charge in [0.2, 0.25) is 0 Å². The zero-order chi connectivity index (χ0) is 15.7. The van der Waals surface area contributed by atoms with E-state index >= 15 is 0 Å². The van der Waals surface area contributed by atoms with Gasteiger partial charge in [-0.2, -0.15) is 11.8 Å². The van der Waals surface area contributed by atoms with Crippen LogP contribution in [0.25, 0.3) is 0 Å². The summed E-state index contributed by atoms with van der Waals surface area (Å²) < 4.78 is 18.6. The molecule has 1 aromatic rings. The predicted molar refractivity (Wildman–Crippen MR) is 104 cm³/mol. The van der Waals surface area contributed by atoms with Gasteiger partial charge in [-0.05, 0) is 43.0 Å². The van der Waals surface area contributed by atoms with Gasteiger partial charge in [0.15, 0.2) is 17.5 Å². The van der Waals surface area contributed by atoms with Crippen LogP contribution in [-0.4, -0.2) is 38.7 Å². The smallest absolute Gasteiger partial charge is 0.191 e. The first-order valence-corrected chi connectivity index (χ1v) is 8.31. The van der Waals surface area contributed by atoms with Crippen molar-refractivity contribution in [2.75, 3.05) is 32.7 Å². The lowest BCUT2D eigenvalue weighted by atomic mass is 10.1. The largest absolute Gasteiger partial charge is 0.494 e. The van der Waals surface area contributed by atoms with Crippen molar-refractivity contribution in [2.24, 2.45) is 4.99 Å². The van der Waals surface area contributed by atoms with Crippen molar-refractivity contribution in [3.8, 4) is 5.75 Å². The lowest BCUT2D eigenvalue weighted by molar-refractivity contribution is 0.386. The molecule has 0 radical (unpaired) electrons. The zero-order valence-electron chi connectivity index (χ0n) is 13.5. The van der Waals surface area contributed by atoms with Crippen molar-refractivity contribution in [3.05, 3.63) is 29.6 Å². The number of benzene rings is 1. The molecule has 22 heavy (non-hydrogen) atoms. The molecule has 7 heteroatoms. The maximum absolute atomic E-state index is 13.7. The number of ether oxygens (including phenoxy) is 1. The summed E-state index contributed by atoms with van der Waals surface area (Å²) in [4.78, 5) is 4.18. The highest BCUT2D eigenvalue weighted by molar-refractivity contribution is 14.0. The standard InChI is InChI=1S/C15H24FN3OS.HI/c1-11(12-6-7-14(20-3)13(16)10-12)19-15(17-2)18-8-5-9-21-4;/h6-7,10-11H,5,8-9H2,1-4H3,(H2,17,18,19);1H. The monoisotopic (exact) mass is 441 g/mol. The number of nitrogens with zero attached hydrogens (tertiary/aromatic N) is 1. The Morgan fingerprint density at radius 1 is 1.45 bits per heavy atom. The highest BCUT2D eigenvalue weighted by Gasteiger charge is 2.11. The molecule has 1 aromatic carbocycles. The van der Waals surface area contributed by atoms with Crippen molar-refractivity contribution in [1.82, 2.24) is 10.6 Å². The molecule has 4 nitrogen and oxygen atoms in total. The molecule has 0 spiro atoms. The topological polar surface area (TPSA) is 45.7 Å². The number of rotatable bonds is 7. The molecule has 0 aliphatic rings. The molecule has 2 N–H and O–H groups in total. The Morgan fingerprint density at radius 2 is 2.18 bits per heavy atom. The fourth-order valence-electron chi connectivity index (χ4n) is 1.86. The number of thioether (sulfide) groups is 1. The third-order valence-corrected chi connectivity index (χ3v) is 3.77. The Bertz CT molecular complexity index is 474. The van der Waals surface area contributed by atoms with E-state index in [4.69, 9.17) is 4.74 Å². The number of methoxy groups -OCH3 is 1. The molecule has 1 atom stereocenters. The molecule has 1 unspecified atom stereocenters. The van der Waals surface area contributed by atoms with Gasteiger partial charge in [0.25, 0.3) is 0 Å². The number of guanidine groups is 1. The molecule has 0 saturated carbocycles. The molecular formula is C15H25FIN3OS. The minimum absolute atomic E-state index is 0. The SMILES string of the molecule is CN=C(NCCCSC)NC(C)c1ccc(OC)c(F)c1.I. The van der Waals surface area contributed by atoms with Crippen LogP contribution in [0.15, 0.2) is 23.2 Å². The van der Waals surface area contributed by atoms with E-state index in [0.29, 0.717) is 0 Å². The van der Waals surface area contributed by atoms with Crippen molar-refractivity contribution >= 4 is 41.7 Å². The van der Waals surface area contributed by atoms with Gasteiger partial charge < -0.3 is 15.4 Å². The second kappa shape index (κ2) is 11.8. The van der Waals surface area contributed by atoms with E-state index in [-0.39, 0.29) is 41.6 Å².